The minimum atomic E-state index is -0.865. The Labute approximate surface area is 160 Å². The lowest BCUT2D eigenvalue weighted by atomic mass is 10.1. The molecular weight excluding hydrogens is 354 g/mol. The van der Waals surface area contributed by atoms with E-state index >= 15 is 0 Å². The van der Waals surface area contributed by atoms with E-state index < -0.39 is 18.1 Å². The summed E-state index contributed by atoms with van der Waals surface area (Å²) >= 11 is 1.58. The minimum Gasteiger partial charge on any atom is -0.467 e. The van der Waals surface area contributed by atoms with Crippen molar-refractivity contribution < 1.29 is 19.1 Å². The van der Waals surface area contributed by atoms with Crippen LogP contribution in [0.3, 0.4) is 0 Å². The van der Waals surface area contributed by atoms with E-state index in [2.05, 4.69) is 24.1 Å². The van der Waals surface area contributed by atoms with Gasteiger partial charge in [0.1, 0.15) is 0 Å². The van der Waals surface area contributed by atoms with E-state index in [0.717, 1.165) is 10.7 Å². The first kappa shape index (κ1) is 22.4. The van der Waals surface area contributed by atoms with E-state index in [9.17, 15) is 9.59 Å². The number of nitrogens with one attached hydrogen (secondary N) is 1. The third-order valence-electron chi connectivity index (χ3n) is 3.71. The molecule has 0 aliphatic carbocycles. The van der Waals surface area contributed by atoms with Crippen molar-refractivity contribution in [2.24, 2.45) is 5.92 Å². The van der Waals surface area contributed by atoms with Gasteiger partial charge in [-0.15, -0.1) is 11.3 Å². The molecule has 148 valence electrons. The number of hydrogen-bond donors (Lipinski definition) is 1. The summed E-state index contributed by atoms with van der Waals surface area (Å²) in [6, 6.07) is -1.24. The summed E-state index contributed by atoms with van der Waals surface area (Å²) in [4.78, 5) is 30.6. The Hall–Kier alpha value is -1.67. The summed E-state index contributed by atoms with van der Waals surface area (Å²) in [5.41, 5.74) is 0.829. The summed E-state index contributed by atoms with van der Waals surface area (Å²) in [7, 11) is 2.96. The first-order chi connectivity index (χ1) is 12.1. The molecule has 0 radical (unpaired) electrons. The monoisotopic (exact) mass is 385 g/mol. The van der Waals surface area contributed by atoms with Crippen LogP contribution in [-0.4, -0.2) is 54.8 Å². The highest BCUT2D eigenvalue weighted by molar-refractivity contribution is 7.09. The number of carbonyl (C=O) groups is 2. The largest absolute Gasteiger partial charge is 0.467 e. The number of urea groups is 1. The van der Waals surface area contributed by atoms with Crippen LogP contribution >= 0.6 is 11.3 Å². The Kier molecular flexibility index (Phi) is 9.01. The number of aromatic nitrogens is 1. The molecule has 0 fully saturated rings. The minimum absolute atomic E-state index is 0.328. The number of thiazole rings is 1. The fourth-order valence-electron chi connectivity index (χ4n) is 2.15. The molecule has 2 amide bonds. The fourth-order valence-corrected chi connectivity index (χ4v) is 2.98. The molecule has 0 aliphatic rings. The summed E-state index contributed by atoms with van der Waals surface area (Å²) in [5, 5.41) is 5.69. The molecule has 1 unspecified atom stereocenters. The lowest BCUT2D eigenvalue weighted by molar-refractivity contribution is -0.147. The van der Waals surface area contributed by atoms with Gasteiger partial charge in [0, 0.05) is 25.0 Å². The van der Waals surface area contributed by atoms with Crippen molar-refractivity contribution >= 4 is 23.3 Å². The molecule has 26 heavy (non-hydrogen) atoms. The number of ether oxygens (including phenoxy) is 2. The highest BCUT2D eigenvalue weighted by Gasteiger charge is 2.30. The van der Waals surface area contributed by atoms with Crippen molar-refractivity contribution in [3.8, 4) is 0 Å². The summed E-state index contributed by atoms with van der Waals surface area (Å²) in [5.74, 6) is 0.156. The van der Waals surface area contributed by atoms with Gasteiger partial charge in [-0.1, -0.05) is 27.7 Å². The van der Waals surface area contributed by atoms with E-state index in [-0.39, 0.29) is 6.03 Å². The molecule has 0 aliphatic heterocycles. The molecule has 2 atom stereocenters. The van der Waals surface area contributed by atoms with Crippen LogP contribution in [-0.2, 0) is 20.8 Å². The summed E-state index contributed by atoms with van der Waals surface area (Å²) in [6.07, 6.45) is -0.492. The highest BCUT2D eigenvalue weighted by atomic mass is 32.1. The first-order valence-corrected chi connectivity index (χ1v) is 9.69. The molecule has 0 bridgehead atoms. The van der Waals surface area contributed by atoms with E-state index in [1.807, 2.05) is 19.2 Å². The molecule has 7 nitrogen and oxygen atoms in total. The van der Waals surface area contributed by atoms with Gasteiger partial charge >= 0.3 is 12.0 Å². The van der Waals surface area contributed by atoms with Gasteiger partial charge in [-0.2, -0.15) is 0 Å². The van der Waals surface area contributed by atoms with E-state index in [4.69, 9.17) is 9.47 Å². The predicted octanol–water partition coefficient (Wildman–Crippen LogP) is 3.01. The lowest BCUT2D eigenvalue weighted by Gasteiger charge is -2.26. The first-order valence-electron chi connectivity index (χ1n) is 8.81. The van der Waals surface area contributed by atoms with E-state index in [1.165, 1.54) is 12.0 Å². The molecule has 8 heteroatoms. The van der Waals surface area contributed by atoms with Crippen LogP contribution in [0, 0.1) is 5.92 Å². The molecule has 1 aromatic rings. The quantitative estimate of drug-likeness (QED) is 0.661. The predicted molar refractivity (Wildman–Crippen MR) is 102 cm³/mol. The second-order valence-electron chi connectivity index (χ2n) is 7.07. The summed E-state index contributed by atoms with van der Waals surface area (Å²) < 4.78 is 10.5. The molecule has 0 aromatic carbocycles. The van der Waals surface area contributed by atoms with Gasteiger partial charge in [-0.3, -0.25) is 0 Å². The van der Waals surface area contributed by atoms with Crippen molar-refractivity contribution in [2.75, 3.05) is 20.8 Å². The van der Waals surface area contributed by atoms with Gasteiger partial charge < -0.3 is 19.7 Å². The molecule has 1 rings (SSSR count). The van der Waals surface area contributed by atoms with E-state index in [0.29, 0.717) is 25.0 Å². The zero-order chi connectivity index (χ0) is 19.9. The van der Waals surface area contributed by atoms with Crippen LogP contribution in [0.15, 0.2) is 5.38 Å². The molecule has 1 aromatic heterocycles. The Morgan fingerprint density at radius 2 is 1.92 bits per heavy atom. The maximum Gasteiger partial charge on any atom is 0.331 e. The molecular formula is C18H31N3O4S. The zero-order valence-electron chi connectivity index (χ0n) is 16.7. The third kappa shape index (κ3) is 6.92. The SMILES string of the molecule is COC(=O)[C@@H](NC(=O)N(C)Cc1csc(C(C)C)n1)C(C)OCC(C)C. The molecule has 0 saturated heterocycles. The highest BCUT2D eigenvalue weighted by Crippen LogP contribution is 2.19. The Balaban J connectivity index is 2.69. The van der Waals surface area contributed by atoms with Crippen molar-refractivity contribution in [3.63, 3.8) is 0 Å². The Bertz CT molecular complexity index is 589. The second kappa shape index (κ2) is 10.5. The third-order valence-corrected chi connectivity index (χ3v) is 4.90. The van der Waals surface area contributed by atoms with Crippen LogP contribution in [0.2, 0.25) is 0 Å². The van der Waals surface area contributed by atoms with Gasteiger partial charge in [0.15, 0.2) is 6.04 Å². The molecule has 0 saturated carbocycles. The number of esters is 1. The number of rotatable bonds is 9. The zero-order valence-corrected chi connectivity index (χ0v) is 17.6. The van der Waals surface area contributed by atoms with Crippen LogP contribution in [0.1, 0.15) is 51.2 Å². The number of carbonyl (C=O) groups excluding carboxylic acids is 2. The molecule has 1 heterocycles. The van der Waals surface area contributed by atoms with Gasteiger partial charge in [-0.05, 0) is 12.8 Å². The lowest BCUT2D eigenvalue weighted by Crippen LogP contribution is -2.52. The summed E-state index contributed by atoms with van der Waals surface area (Å²) in [6.45, 7) is 10.8. The maximum absolute atomic E-state index is 12.5. The number of amides is 2. The van der Waals surface area contributed by atoms with Crippen LogP contribution < -0.4 is 5.32 Å². The van der Waals surface area contributed by atoms with Gasteiger partial charge in [0.05, 0.1) is 30.5 Å². The van der Waals surface area contributed by atoms with Crippen molar-refractivity contribution in [2.45, 2.75) is 59.2 Å². The van der Waals surface area contributed by atoms with Crippen molar-refractivity contribution in [1.82, 2.24) is 15.2 Å². The molecule has 1 N–H and O–H groups in total. The van der Waals surface area contributed by atoms with Crippen LogP contribution in [0.5, 0.6) is 0 Å². The second-order valence-corrected chi connectivity index (χ2v) is 7.96. The number of methoxy groups -OCH3 is 1. The number of nitrogens with zero attached hydrogens (tertiary/aromatic N) is 2. The van der Waals surface area contributed by atoms with Gasteiger partial charge in [0.25, 0.3) is 0 Å². The standard InChI is InChI=1S/C18H31N3O4S/c1-11(2)9-25-13(5)15(17(22)24-7)20-18(23)21(6)8-14-10-26-16(19-14)12(3)4/h10-13,15H,8-9H2,1-7H3,(H,20,23)/t13?,15-/m0/s1. The van der Waals surface area contributed by atoms with Crippen molar-refractivity contribution in [1.29, 1.82) is 0 Å². The fraction of sp³-hybridized carbons (Fsp3) is 0.722. The van der Waals surface area contributed by atoms with Crippen LogP contribution in [0.25, 0.3) is 0 Å². The molecule has 0 spiro atoms. The maximum atomic E-state index is 12.5. The topological polar surface area (TPSA) is 80.8 Å². The Morgan fingerprint density at radius 3 is 2.42 bits per heavy atom. The van der Waals surface area contributed by atoms with Crippen molar-refractivity contribution in [3.05, 3.63) is 16.1 Å². The average Bonchev–Trinajstić information content (AvgIpc) is 3.05. The van der Waals surface area contributed by atoms with Gasteiger partial charge in [0.2, 0.25) is 0 Å². The normalized spacial score (nSPS) is 13.6. The average molecular weight is 386 g/mol. The van der Waals surface area contributed by atoms with Crippen LogP contribution in [0.4, 0.5) is 4.79 Å². The Morgan fingerprint density at radius 1 is 1.27 bits per heavy atom. The van der Waals surface area contributed by atoms with E-state index in [1.54, 1.807) is 25.3 Å². The number of hydrogen-bond acceptors (Lipinski definition) is 6. The van der Waals surface area contributed by atoms with Gasteiger partial charge in [-0.25, -0.2) is 14.6 Å². The smallest absolute Gasteiger partial charge is 0.331 e.